The van der Waals surface area contributed by atoms with Crippen molar-refractivity contribution in [2.75, 3.05) is 0 Å². The first-order chi connectivity index (χ1) is 10.8. The summed E-state index contributed by atoms with van der Waals surface area (Å²) in [5.41, 5.74) is 1.68. The van der Waals surface area contributed by atoms with Crippen LogP contribution in [0.1, 0.15) is 17.2 Å². The molecule has 0 bridgehead atoms. The molecule has 0 amide bonds. The van der Waals surface area contributed by atoms with Crippen LogP contribution in [0.3, 0.4) is 0 Å². The fourth-order valence-corrected chi connectivity index (χ4v) is 3.13. The zero-order valence-corrected chi connectivity index (χ0v) is 12.1. The summed E-state index contributed by atoms with van der Waals surface area (Å²) >= 11 is 0. The Morgan fingerprint density at radius 1 is 0.500 bits per heavy atom. The summed E-state index contributed by atoms with van der Waals surface area (Å²) < 4.78 is 0. The summed E-state index contributed by atoms with van der Waals surface area (Å²) in [6.45, 7) is 0. The van der Waals surface area contributed by atoms with Crippen molar-refractivity contribution >= 4 is 21.5 Å². The Morgan fingerprint density at radius 3 is 1.41 bits per heavy atom. The lowest BCUT2D eigenvalue weighted by Gasteiger charge is -2.14. The molecule has 0 saturated heterocycles. The molecule has 1 radical (unpaired) electrons. The normalized spacial score (nSPS) is 11.4. The summed E-state index contributed by atoms with van der Waals surface area (Å²) in [5.74, 6) is 0. The molecule has 4 rings (SSSR count). The summed E-state index contributed by atoms with van der Waals surface area (Å²) in [6.07, 6.45) is -0.878. The van der Waals surface area contributed by atoms with Gasteiger partial charge in [-0.3, -0.25) is 0 Å². The zero-order chi connectivity index (χ0) is 14.9. The van der Waals surface area contributed by atoms with Gasteiger partial charge in [0.25, 0.3) is 0 Å². The van der Waals surface area contributed by atoms with Crippen LogP contribution in [-0.2, 0) is 5.11 Å². The summed E-state index contributed by atoms with van der Waals surface area (Å²) in [7, 11) is 0. The highest BCUT2D eigenvalue weighted by Gasteiger charge is 2.17. The Kier molecular flexibility index (Phi) is 3.14. The maximum Gasteiger partial charge on any atom is 0.144 e. The highest BCUT2D eigenvalue weighted by molar-refractivity contribution is 5.89. The van der Waals surface area contributed by atoms with Crippen LogP contribution in [0.4, 0.5) is 0 Å². The van der Waals surface area contributed by atoms with Gasteiger partial charge < -0.3 is 0 Å². The van der Waals surface area contributed by atoms with Gasteiger partial charge in [-0.1, -0.05) is 84.9 Å². The standard InChI is InChI=1S/C21H15O/c22-21(19-13-5-9-15-7-1-3-11-17(15)19)20-14-6-10-16-8-2-4-12-18(16)20/h1-14,21H. The fraction of sp³-hybridized carbons (Fsp3) is 0.0476. The molecule has 0 heterocycles. The summed E-state index contributed by atoms with van der Waals surface area (Å²) in [5, 5.41) is 17.5. The van der Waals surface area contributed by atoms with E-state index in [0.717, 1.165) is 32.7 Å². The van der Waals surface area contributed by atoms with E-state index in [1.165, 1.54) is 0 Å². The first-order valence-corrected chi connectivity index (χ1v) is 7.46. The van der Waals surface area contributed by atoms with Gasteiger partial charge in [0.05, 0.1) is 0 Å². The topological polar surface area (TPSA) is 19.9 Å². The van der Waals surface area contributed by atoms with Gasteiger partial charge in [-0.2, -0.15) is 0 Å². The first-order valence-electron chi connectivity index (χ1n) is 7.46. The van der Waals surface area contributed by atoms with Crippen LogP contribution in [0.15, 0.2) is 84.9 Å². The quantitative estimate of drug-likeness (QED) is 0.462. The SMILES string of the molecule is [O]C(c1cccc2ccccc12)c1cccc2ccccc12. The molecule has 0 saturated carbocycles. The van der Waals surface area contributed by atoms with Crippen molar-refractivity contribution in [2.24, 2.45) is 0 Å². The van der Waals surface area contributed by atoms with Crippen LogP contribution in [0.25, 0.3) is 21.5 Å². The average molecular weight is 283 g/mol. The van der Waals surface area contributed by atoms with Crippen molar-refractivity contribution < 1.29 is 5.11 Å². The molecule has 4 aromatic rings. The van der Waals surface area contributed by atoms with E-state index >= 15 is 0 Å². The largest absolute Gasteiger partial charge is 0.223 e. The third kappa shape index (κ3) is 2.07. The molecule has 0 spiro atoms. The maximum atomic E-state index is 13.2. The van der Waals surface area contributed by atoms with E-state index in [4.69, 9.17) is 0 Å². The first kappa shape index (κ1) is 13.1. The zero-order valence-electron chi connectivity index (χ0n) is 12.1. The maximum absolute atomic E-state index is 13.2. The third-order valence-electron chi connectivity index (χ3n) is 4.21. The Hall–Kier alpha value is -2.64. The van der Waals surface area contributed by atoms with Crippen molar-refractivity contribution in [1.29, 1.82) is 0 Å². The van der Waals surface area contributed by atoms with Gasteiger partial charge in [0.2, 0.25) is 0 Å². The monoisotopic (exact) mass is 283 g/mol. The number of hydrogen-bond donors (Lipinski definition) is 0. The van der Waals surface area contributed by atoms with Gasteiger partial charge in [-0.05, 0) is 32.7 Å². The molecule has 1 nitrogen and oxygen atoms in total. The minimum absolute atomic E-state index is 0.842. The lowest BCUT2D eigenvalue weighted by molar-refractivity contribution is 0.127. The predicted molar refractivity (Wildman–Crippen MR) is 90.4 cm³/mol. The second-order valence-electron chi connectivity index (χ2n) is 5.52. The van der Waals surface area contributed by atoms with Crippen molar-refractivity contribution in [3.8, 4) is 0 Å². The van der Waals surface area contributed by atoms with E-state index in [2.05, 4.69) is 24.3 Å². The predicted octanol–water partition coefficient (Wildman–Crippen LogP) is 5.51. The van der Waals surface area contributed by atoms with E-state index in [1.807, 2.05) is 60.7 Å². The molecule has 0 atom stereocenters. The highest BCUT2D eigenvalue weighted by Crippen LogP contribution is 2.33. The molecule has 0 aromatic heterocycles. The van der Waals surface area contributed by atoms with E-state index < -0.39 is 6.10 Å². The Labute approximate surface area is 129 Å². The Morgan fingerprint density at radius 2 is 0.909 bits per heavy atom. The molecular formula is C21H15O. The smallest absolute Gasteiger partial charge is 0.144 e. The van der Waals surface area contributed by atoms with Gasteiger partial charge >= 0.3 is 0 Å². The molecule has 105 valence electrons. The molecule has 0 aliphatic heterocycles. The molecule has 0 aliphatic carbocycles. The van der Waals surface area contributed by atoms with Crippen LogP contribution in [0.5, 0.6) is 0 Å². The minimum atomic E-state index is -0.878. The lowest BCUT2D eigenvalue weighted by atomic mass is 9.93. The van der Waals surface area contributed by atoms with Crippen molar-refractivity contribution in [3.63, 3.8) is 0 Å². The van der Waals surface area contributed by atoms with Crippen LogP contribution in [0.2, 0.25) is 0 Å². The van der Waals surface area contributed by atoms with Gasteiger partial charge in [-0.25, -0.2) is 5.11 Å². The average Bonchev–Trinajstić information content (AvgIpc) is 2.60. The van der Waals surface area contributed by atoms with Crippen LogP contribution in [-0.4, -0.2) is 0 Å². The number of rotatable bonds is 2. The minimum Gasteiger partial charge on any atom is -0.223 e. The molecular weight excluding hydrogens is 268 g/mol. The Balaban J connectivity index is 1.94. The van der Waals surface area contributed by atoms with E-state index in [9.17, 15) is 5.11 Å². The summed E-state index contributed by atoms with van der Waals surface area (Å²) in [6, 6.07) is 28.1. The lowest BCUT2D eigenvalue weighted by Crippen LogP contribution is -2.00. The molecule has 0 N–H and O–H groups in total. The van der Waals surface area contributed by atoms with Gasteiger partial charge in [0, 0.05) is 0 Å². The van der Waals surface area contributed by atoms with Gasteiger partial charge in [0.1, 0.15) is 6.10 Å². The number of fused-ring (bicyclic) bond motifs is 2. The molecule has 22 heavy (non-hydrogen) atoms. The van der Waals surface area contributed by atoms with Crippen LogP contribution < -0.4 is 0 Å². The second kappa shape index (κ2) is 5.28. The Bertz CT molecular complexity index is 866. The van der Waals surface area contributed by atoms with E-state index in [1.54, 1.807) is 0 Å². The third-order valence-corrected chi connectivity index (χ3v) is 4.21. The van der Waals surface area contributed by atoms with E-state index in [0.29, 0.717) is 0 Å². The highest BCUT2D eigenvalue weighted by atomic mass is 16.3. The van der Waals surface area contributed by atoms with Crippen molar-refractivity contribution in [2.45, 2.75) is 6.10 Å². The molecule has 4 aromatic carbocycles. The molecule has 0 unspecified atom stereocenters. The van der Waals surface area contributed by atoms with Gasteiger partial charge in [-0.15, -0.1) is 0 Å². The molecule has 0 aliphatic rings. The van der Waals surface area contributed by atoms with E-state index in [-0.39, 0.29) is 0 Å². The molecule has 1 heteroatoms. The fourth-order valence-electron chi connectivity index (χ4n) is 3.13. The number of hydrogen-bond acceptors (Lipinski definition) is 0. The number of benzene rings is 4. The van der Waals surface area contributed by atoms with Crippen LogP contribution >= 0.6 is 0 Å². The second-order valence-corrected chi connectivity index (χ2v) is 5.52. The van der Waals surface area contributed by atoms with Crippen LogP contribution in [0, 0.1) is 0 Å². The molecule has 0 fully saturated rings. The van der Waals surface area contributed by atoms with Crippen molar-refractivity contribution in [1.82, 2.24) is 0 Å². The van der Waals surface area contributed by atoms with Gasteiger partial charge in [0.15, 0.2) is 0 Å². The van der Waals surface area contributed by atoms with Crippen molar-refractivity contribution in [3.05, 3.63) is 96.1 Å². The summed E-state index contributed by atoms with van der Waals surface area (Å²) in [4.78, 5) is 0.